The van der Waals surface area contributed by atoms with Crippen LogP contribution in [0.2, 0.25) is 0 Å². The minimum absolute atomic E-state index is 0.00909. The summed E-state index contributed by atoms with van der Waals surface area (Å²) in [6.45, 7) is 6.79. The molecule has 0 saturated carbocycles. The highest BCUT2D eigenvalue weighted by Crippen LogP contribution is 2.27. The number of aromatic nitrogens is 2. The first-order chi connectivity index (χ1) is 9.19. The number of nitrogens with zero attached hydrogens (tertiary/aromatic N) is 3. The molecule has 100 valence electrons. The Bertz CT molecular complexity index is 570. The molecule has 1 aromatic heterocycles. The zero-order valence-corrected chi connectivity index (χ0v) is 10.7. The number of ether oxygens (including phenoxy) is 1. The monoisotopic (exact) mass is 261 g/mol. The van der Waals surface area contributed by atoms with Gasteiger partial charge in [-0.25, -0.2) is 4.79 Å². The lowest BCUT2D eigenvalue weighted by molar-refractivity contribution is 0.0684. The number of hydrogen-bond acceptors (Lipinski definition) is 4. The normalized spacial score (nSPS) is 15.5. The van der Waals surface area contributed by atoms with Gasteiger partial charge in [0.1, 0.15) is 0 Å². The SMILES string of the molecule is C=CC=N/C(=C\C)c1c(C(=O)O)nn2c1COCC2. The second kappa shape index (κ2) is 5.62. The van der Waals surface area contributed by atoms with E-state index >= 15 is 0 Å². The number of aromatic carboxylic acids is 1. The van der Waals surface area contributed by atoms with E-state index in [0.29, 0.717) is 31.0 Å². The van der Waals surface area contributed by atoms with Crippen molar-refractivity contribution in [2.45, 2.75) is 20.1 Å². The van der Waals surface area contributed by atoms with Crippen LogP contribution in [0.4, 0.5) is 0 Å². The summed E-state index contributed by atoms with van der Waals surface area (Å²) in [4.78, 5) is 15.5. The quantitative estimate of drug-likeness (QED) is 0.837. The first-order valence-electron chi connectivity index (χ1n) is 5.91. The molecule has 1 aliphatic rings. The number of rotatable bonds is 4. The Morgan fingerprint density at radius 1 is 1.63 bits per heavy atom. The fourth-order valence-corrected chi connectivity index (χ4v) is 1.98. The Balaban J connectivity index is 2.59. The highest BCUT2D eigenvalue weighted by molar-refractivity contribution is 5.94. The molecule has 0 unspecified atom stereocenters. The Kier molecular flexibility index (Phi) is 3.91. The molecule has 0 radical (unpaired) electrons. The van der Waals surface area contributed by atoms with Crippen molar-refractivity contribution in [2.24, 2.45) is 4.99 Å². The summed E-state index contributed by atoms with van der Waals surface area (Å²) in [7, 11) is 0. The number of carboxylic acid groups (broad SMARTS) is 1. The molecule has 0 saturated heterocycles. The predicted octanol–water partition coefficient (Wildman–Crippen LogP) is 1.73. The van der Waals surface area contributed by atoms with Crippen LogP contribution in [0.5, 0.6) is 0 Å². The average Bonchev–Trinajstić information content (AvgIpc) is 2.80. The van der Waals surface area contributed by atoms with Gasteiger partial charge in [0, 0.05) is 6.21 Å². The molecule has 0 fully saturated rings. The topological polar surface area (TPSA) is 76.7 Å². The first-order valence-corrected chi connectivity index (χ1v) is 5.91. The molecule has 0 spiro atoms. The summed E-state index contributed by atoms with van der Waals surface area (Å²) in [6, 6.07) is 0. The van der Waals surface area contributed by atoms with Crippen LogP contribution in [-0.4, -0.2) is 33.7 Å². The van der Waals surface area contributed by atoms with Gasteiger partial charge in [-0.1, -0.05) is 18.7 Å². The molecule has 0 amide bonds. The fraction of sp³-hybridized carbons (Fsp3) is 0.308. The van der Waals surface area contributed by atoms with Crippen molar-refractivity contribution >= 4 is 17.9 Å². The molecule has 1 aliphatic heterocycles. The van der Waals surface area contributed by atoms with Crippen molar-refractivity contribution in [1.29, 1.82) is 0 Å². The Morgan fingerprint density at radius 3 is 3.05 bits per heavy atom. The van der Waals surface area contributed by atoms with Crippen LogP contribution in [0.15, 0.2) is 23.7 Å². The molecule has 0 atom stereocenters. The molecule has 6 nitrogen and oxygen atoms in total. The summed E-state index contributed by atoms with van der Waals surface area (Å²) in [5.41, 5.74) is 1.84. The van der Waals surface area contributed by atoms with Gasteiger partial charge in [-0.3, -0.25) is 9.67 Å². The Morgan fingerprint density at radius 2 is 2.42 bits per heavy atom. The van der Waals surface area contributed by atoms with Gasteiger partial charge >= 0.3 is 5.97 Å². The van der Waals surface area contributed by atoms with Crippen LogP contribution in [-0.2, 0) is 17.9 Å². The van der Waals surface area contributed by atoms with Gasteiger partial charge < -0.3 is 9.84 Å². The van der Waals surface area contributed by atoms with Gasteiger partial charge in [0.05, 0.1) is 36.7 Å². The van der Waals surface area contributed by atoms with Gasteiger partial charge in [-0.05, 0) is 6.92 Å². The van der Waals surface area contributed by atoms with Crippen LogP contribution < -0.4 is 0 Å². The third kappa shape index (κ3) is 2.48. The lowest BCUT2D eigenvalue weighted by atomic mass is 10.1. The number of fused-ring (bicyclic) bond motifs is 1. The first kappa shape index (κ1) is 13.2. The van der Waals surface area contributed by atoms with Crippen LogP contribution in [0.1, 0.15) is 28.7 Å². The predicted molar refractivity (Wildman–Crippen MR) is 71.2 cm³/mol. The lowest BCUT2D eigenvalue weighted by Gasteiger charge is -2.15. The van der Waals surface area contributed by atoms with Crippen molar-refractivity contribution in [3.05, 3.63) is 35.7 Å². The third-order valence-corrected chi connectivity index (χ3v) is 2.80. The number of carbonyl (C=O) groups is 1. The highest BCUT2D eigenvalue weighted by atomic mass is 16.5. The molecule has 0 aliphatic carbocycles. The fourth-order valence-electron chi connectivity index (χ4n) is 1.98. The van der Waals surface area contributed by atoms with E-state index in [-0.39, 0.29) is 5.69 Å². The summed E-state index contributed by atoms with van der Waals surface area (Å²) < 4.78 is 7.05. The Hall–Kier alpha value is -2.21. The van der Waals surface area contributed by atoms with E-state index in [4.69, 9.17) is 4.74 Å². The molecule has 0 aromatic carbocycles. The lowest BCUT2D eigenvalue weighted by Crippen LogP contribution is -2.17. The van der Waals surface area contributed by atoms with Crippen molar-refractivity contribution < 1.29 is 14.6 Å². The number of allylic oxidation sites excluding steroid dienone is 2. The summed E-state index contributed by atoms with van der Waals surface area (Å²) in [5, 5.41) is 13.4. The molecule has 2 rings (SSSR count). The zero-order valence-electron chi connectivity index (χ0n) is 10.7. The minimum atomic E-state index is -1.06. The summed E-state index contributed by atoms with van der Waals surface area (Å²) in [5.74, 6) is -1.06. The summed E-state index contributed by atoms with van der Waals surface area (Å²) in [6.07, 6.45) is 4.81. The maximum Gasteiger partial charge on any atom is 0.357 e. The van der Waals surface area contributed by atoms with E-state index in [2.05, 4.69) is 16.7 Å². The van der Waals surface area contributed by atoms with Gasteiger partial charge in [0.2, 0.25) is 0 Å². The van der Waals surface area contributed by atoms with Crippen molar-refractivity contribution in [2.75, 3.05) is 6.61 Å². The second-order valence-electron chi connectivity index (χ2n) is 3.94. The van der Waals surface area contributed by atoms with E-state index in [1.807, 2.05) is 0 Å². The van der Waals surface area contributed by atoms with Crippen molar-refractivity contribution in [1.82, 2.24) is 9.78 Å². The van der Waals surface area contributed by atoms with E-state index < -0.39 is 5.97 Å². The van der Waals surface area contributed by atoms with Crippen LogP contribution in [0.3, 0.4) is 0 Å². The zero-order chi connectivity index (χ0) is 13.8. The van der Waals surface area contributed by atoms with Crippen molar-refractivity contribution in [3.63, 3.8) is 0 Å². The maximum atomic E-state index is 11.3. The standard InChI is InChI=1S/C13H15N3O3/c1-3-5-14-9(4-2)11-10-8-19-7-6-16(10)15-12(11)13(17)18/h3-5H,1,6-8H2,2H3,(H,17,18)/b9-4-,14-5?. The highest BCUT2D eigenvalue weighted by Gasteiger charge is 2.26. The number of hydrogen-bond donors (Lipinski definition) is 1. The van der Waals surface area contributed by atoms with E-state index in [0.717, 1.165) is 5.69 Å². The van der Waals surface area contributed by atoms with Gasteiger partial charge in [0.25, 0.3) is 0 Å². The number of aliphatic imine (C=N–C) groups is 1. The largest absolute Gasteiger partial charge is 0.476 e. The molecule has 6 heteroatoms. The molecule has 1 aromatic rings. The molecule has 2 heterocycles. The summed E-state index contributed by atoms with van der Waals surface area (Å²) >= 11 is 0. The minimum Gasteiger partial charge on any atom is -0.476 e. The van der Waals surface area contributed by atoms with E-state index in [1.54, 1.807) is 17.7 Å². The molecule has 0 bridgehead atoms. The third-order valence-electron chi connectivity index (χ3n) is 2.80. The number of carboxylic acids is 1. The van der Waals surface area contributed by atoms with E-state index in [1.165, 1.54) is 12.3 Å². The average molecular weight is 261 g/mol. The van der Waals surface area contributed by atoms with Crippen LogP contribution >= 0.6 is 0 Å². The smallest absolute Gasteiger partial charge is 0.357 e. The van der Waals surface area contributed by atoms with Crippen LogP contribution in [0, 0.1) is 0 Å². The van der Waals surface area contributed by atoms with Gasteiger partial charge in [-0.2, -0.15) is 5.10 Å². The maximum absolute atomic E-state index is 11.3. The van der Waals surface area contributed by atoms with Gasteiger partial charge in [-0.15, -0.1) is 0 Å². The second-order valence-corrected chi connectivity index (χ2v) is 3.94. The molecular weight excluding hydrogens is 246 g/mol. The molecule has 19 heavy (non-hydrogen) atoms. The van der Waals surface area contributed by atoms with Crippen LogP contribution in [0.25, 0.3) is 5.70 Å². The molecular formula is C13H15N3O3. The Labute approximate surface area is 110 Å². The van der Waals surface area contributed by atoms with Crippen molar-refractivity contribution in [3.8, 4) is 0 Å². The van der Waals surface area contributed by atoms with E-state index in [9.17, 15) is 9.90 Å². The molecule has 1 N–H and O–H groups in total. The van der Waals surface area contributed by atoms with Gasteiger partial charge in [0.15, 0.2) is 5.69 Å².